The molecular weight excluding hydrogens is 282 g/mol. The highest BCUT2D eigenvalue weighted by Crippen LogP contribution is 2.28. The molecule has 2 aromatic heterocycles. The lowest BCUT2D eigenvalue weighted by atomic mass is 9.96. The van der Waals surface area contributed by atoms with E-state index in [1.165, 1.54) is 10.4 Å². The molecule has 1 fully saturated rings. The van der Waals surface area contributed by atoms with E-state index < -0.39 is 0 Å². The first kappa shape index (κ1) is 14.2. The first-order valence-corrected chi connectivity index (χ1v) is 7.97. The molecule has 2 aromatic rings. The number of pyridine rings is 1. The van der Waals surface area contributed by atoms with Gasteiger partial charge in [0.05, 0.1) is 11.7 Å². The number of ether oxygens (including phenoxy) is 1. The summed E-state index contributed by atoms with van der Waals surface area (Å²) in [5, 5.41) is 14.3. The van der Waals surface area contributed by atoms with Crippen molar-refractivity contribution in [1.29, 1.82) is 5.26 Å². The summed E-state index contributed by atoms with van der Waals surface area (Å²) in [5.74, 6) is 0. The smallest absolute Gasteiger partial charge is 0.100 e. The summed E-state index contributed by atoms with van der Waals surface area (Å²) in [7, 11) is 0. The highest BCUT2D eigenvalue weighted by molar-refractivity contribution is 7.10. The van der Waals surface area contributed by atoms with E-state index >= 15 is 0 Å². The third kappa shape index (κ3) is 3.48. The molecule has 1 N–H and O–H groups in total. The summed E-state index contributed by atoms with van der Waals surface area (Å²) >= 11 is 1.62. The van der Waals surface area contributed by atoms with Crippen LogP contribution in [-0.4, -0.2) is 17.6 Å². The van der Waals surface area contributed by atoms with Gasteiger partial charge in [-0.2, -0.15) is 5.26 Å². The number of aromatic nitrogens is 1. The van der Waals surface area contributed by atoms with E-state index in [2.05, 4.69) is 16.4 Å². The minimum Gasteiger partial charge on any atom is -0.372 e. The van der Waals surface area contributed by atoms with Crippen molar-refractivity contribution in [1.82, 2.24) is 10.3 Å². The van der Waals surface area contributed by atoms with Crippen LogP contribution in [-0.2, 0) is 11.3 Å². The van der Waals surface area contributed by atoms with E-state index in [0.717, 1.165) is 31.6 Å². The van der Waals surface area contributed by atoms with Crippen molar-refractivity contribution in [3.8, 4) is 6.07 Å². The van der Waals surface area contributed by atoms with Crippen molar-refractivity contribution in [2.75, 3.05) is 6.61 Å². The van der Waals surface area contributed by atoms with Crippen LogP contribution in [0.5, 0.6) is 0 Å². The molecule has 0 saturated carbocycles. The van der Waals surface area contributed by atoms with Gasteiger partial charge in [0.25, 0.3) is 0 Å². The Kier molecular flexibility index (Phi) is 4.61. The molecule has 0 aliphatic carbocycles. The second-order valence-electron chi connectivity index (χ2n) is 5.12. The maximum atomic E-state index is 8.87. The van der Waals surface area contributed by atoms with Gasteiger partial charge in [-0.15, -0.1) is 11.3 Å². The molecule has 4 nitrogen and oxygen atoms in total. The van der Waals surface area contributed by atoms with Crippen molar-refractivity contribution < 1.29 is 4.74 Å². The monoisotopic (exact) mass is 299 g/mol. The number of nitriles is 1. The molecule has 21 heavy (non-hydrogen) atoms. The average molecular weight is 299 g/mol. The Labute approximate surface area is 128 Å². The van der Waals surface area contributed by atoms with E-state index in [-0.39, 0.29) is 6.10 Å². The molecule has 1 aliphatic heterocycles. The quantitative estimate of drug-likeness (QED) is 0.943. The summed E-state index contributed by atoms with van der Waals surface area (Å²) < 4.78 is 5.95. The molecule has 5 heteroatoms. The number of rotatable bonds is 4. The van der Waals surface area contributed by atoms with Crippen LogP contribution < -0.4 is 5.32 Å². The lowest BCUT2D eigenvalue weighted by Crippen LogP contribution is -2.39. The number of nitrogens with one attached hydrogen (secondary N) is 1. The van der Waals surface area contributed by atoms with Gasteiger partial charge in [-0.3, -0.25) is 4.98 Å². The zero-order valence-electron chi connectivity index (χ0n) is 11.7. The van der Waals surface area contributed by atoms with Gasteiger partial charge < -0.3 is 10.1 Å². The van der Waals surface area contributed by atoms with Gasteiger partial charge in [0.1, 0.15) is 6.07 Å². The van der Waals surface area contributed by atoms with Gasteiger partial charge in [-0.1, -0.05) is 0 Å². The molecule has 3 rings (SSSR count). The molecule has 0 radical (unpaired) electrons. The van der Waals surface area contributed by atoms with Crippen molar-refractivity contribution in [2.24, 2.45) is 0 Å². The van der Waals surface area contributed by atoms with Gasteiger partial charge in [-0.05, 0) is 36.6 Å². The fraction of sp³-hybridized carbons (Fsp3) is 0.375. The number of hydrogen-bond acceptors (Lipinski definition) is 5. The fourth-order valence-corrected chi connectivity index (χ4v) is 3.40. The Bertz CT molecular complexity index is 620. The first-order valence-electron chi connectivity index (χ1n) is 7.09. The van der Waals surface area contributed by atoms with Crippen LogP contribution >= 0.6 is 11.3 Å². The summed E-state index contributed by atoms with van der Waals surface area (Å²) in [6.07, 6.45) is 5.87. The molecule has 0 spiro atoms. The van der Waals surface area contributed by atoms with Crippen molar-refractivity contribution in [3.63, 3.8) is 0 Å². The number of thiophene rings is 1. The van der Waals surface area contributed by atoms with E-state index in [4.69, 9.17) is 10.00 Å². The molecule has 0 amide bonds. The van der Waals surface area contributed by atoms with E-state index in [1.807, 2.05) is 36.0 Å². The van der Waals surface area contributed by atoms with Gasteiger partial charge in [-0.25, -0.2) is 0 Å². The van der Waals surface area contributed by atoms with Crippen LogP contribution in [0.2, 0.25) is 0 Å². The van der Waals surface area contributed by atoms with Gasteiger partial charge in [0, 0.05) is 41.8 Å². The Morgan fingerprint density at radius 2 is 2.29 bits per heavy atom. The Morgan fingerprint density at radius 3 is 3.05 bits per heavy atom. The van der Waals surface area contributed by atoms with Crippen molar-refractivity contribution >= 4 is 11.3 Å². The molecule has 0 bridgehead atoms. The summed E-state index contributed by atoms with van der Waals surface area (Å²) in [6, 6.07) is 8.45. The second-order valence-corrected chi connectivity index (χ2v) is 6.11. The van der Waals surface area contributed by atoms with E-state index in [0.29, 0.717) is 6.04 Å². The largest absolute Gasteiger partial charge is 0.372 e. The maximum Gasteiger partial charge on any atom is 0.100 e. The molecule has 108 valence electrons. The Hall–Kier alpha value is -1.74. The van der Waals surface area contributed by atoms with Crippen LogP contribution in [0.3, 0.4) is 0 Å². The average Bonchev–Trinajstić information content (AvgIpc) is 3.02. The third-order valence-electron chi connectivity index (χ3n) is 3.68. The highest BCUT2D eigenvalue weighted by atomic mass is 32.1. The van der Waals surface area contributed by atoms with Crippen molar-refractivity contribution in [3.05, 3.63) is 52.0 Å². The zero-order chi connectivity index (χ0) is 14.5. The summed E-state index contributed by atoms with van der Waals surface area (Å²) in [4.78, 5) is 5.25. The Morgan fingerprint density at radius 1 is 1.43 bits per heavy atom. The van der Waals surface area contributed by atoms with Crippen molar-refractivity contribution in [2.45, 2.75) is 31.5 Å². The van der Waals surface area contributed by atoms with Crippen LogP contribution in [0.15, 0.2) is 36.0 Å². The maximum absolute atomic E-state index is 8.87. The predicted molar refractivity (Wildman–Crippen MR) is 81.8 cm³/mol. The third-order valence-corrected chi connectivity index (χ3v) is 4.62. The van der Waals surface area contributed by atoms with Crippen LogP contribution in [0, 0.1) is 11.3 Å². The standard InChI is InChI=1S/C16H17N3OS/c17-9-12-8-14(21-11-12)10-19-15-2-1-7-20-16(15)13-3-5-18-6-4-13/h3-6,8,11,15-16,19H,1-2,7,10H2/t15-,16+/m0/s1. The minimum absolute atomic E-state index is 0.0807. The molecule has 1 saturated heterocycles. The van der Waals surface area contributed by atoms with Gasteiger partial charge in [0.2, 0.25) is 0 Å². The van der Waals surface area contributed by atoms with Gasteiger partial charge in [0.15, 0.2) is 0 Å². The molecule has 0 unspecified atom stereocenters. The van der Waals surface area contributed by atoms with Crippen LogP contribution in [0.25, 0.3) is 0 Å². The predicted octanol–water partition coefficient (Wildman–Crippen LogP) is 3.02. The van der Waals surface area contributed by atoms with E-state index in [9.17, 15) is 0 Å². The molecule has 2 atom stereocenters. The lowest BCUT2D eigenvalue weighted by Gasteiger charge is -2.32. The zero-order valence-corrected chi connectivity index (χ0v) is 12.5. The molecule has 0 aromatic carbocycles. The molecular formula is C16H17N3OS. The van der Waals surface area contributed by atoms with Crippen LogP contribution in [0.4, 0.5) is 0 Å². The SMILES string of the molecule is N#Cc1csc(CN[C@H]2CCCO[C@@H]2c2ccncc2)c1. The number of nitrogens with zero attached hydrogens (tertiary/aromatic N) is 2. The first-order chi connectivity index (χ1) is 10.4. The van der Waals surface area contributed by atoms with Crippen LogP contribution in [0.1, 0.15) is 34.9 Å². The van der Waals surface area contributed by atoms with Gasteiger partial charge >= 0.3 is 0 Å². The van der Waals surface area contributed by atoms with E-state index in [1.54, 1.807) is 11.3 Å². The Balaban J connectivity index is 1.66. The summed E-state index contributed by atoms with van der Waals surface area (Å²) in [6.45, 7) is 1.59. The lowest BCUT2D eigenvalue weighted by molar-refractivity contribution is -0.0111. The second kappa shape index (κ2) is 6.81. The topological polar surface area (TPSA) is 57.9 Å². The minimum atomic E-state index is 0.0807. The molecule has 3 heterocycles. The highest BCUT2D eigenvalue weighted by Gasteiger charge is 2.27. The summed E-state index contributed by atoms with van der Waals surface area (Å²) in [5.41, 5.74) is 1.91. The fourth-order valence-electron chi connectivity index (χ4n) is 2.64. The number of hydrogen-bond donors (Lipinski definition) is 1. The molecule has 1 aliphatic rings. The normalized spacial score (nSPS) is 21.9.